The number of anilines is 1. The number of para-hydroxylation sites is 1. The van der Waals surface area contributed by atoms with E-state index in [1.165, 1.54) is 12.1 Å². The first-order chi connectivity index (χ1) is 9.61. The van der Waals surface area contributed by atoms with Crippen molar-refractivity contribution in [2.24, 2.45) is 0 Å². The number of benzene rings is 2. The van der Waals surface area contributed by atoms with Crippen LogP contribution in [0, 0.1) is 12.7 Å². The lowest BCUT2D eigenvalue weighted by molar-refractivity contribution is 0.207. The molecule has 0 aromatic heterocycles. The highest BCUT2D eigenvalue weighted by Gasteiger charge is 2.29. The summed E-state index contributed by atoms with van der Waals surface area (Å²) in [7, 11) is 0. The maximum absolute atomic E-state index is 13.1. The molecule has 2 aromatic rings. The van der Waals surface area contributed by atoms with Gasteiger partial charge in [-0.05, 0) is 42.7 Å². The molecule has 2 nitrogen and oxygen atoms in total. The van der Waals surface area contributed by atoms with E-state index in [1.54, 1.807) is 12.1 Å². The Hall–Kier alpha value is -1.87. The molecule has 0 saturated carbocycles. The molecule has 2 aromatic carbocycles. The van der Waals surface area contributed by atoms with Crippen molar-refractivity contribution in [3.8, 4) is 0 Å². The molecule has 0 saturated heterocycles. The Morgan fingerprint density at radius 1 is 1.10 bits per heavy atom. The molecule has 0 amide bonds. The SMILES string of the molecule is CCC(CO)(Nc1ccccc1C)c1ccc(F)cc1. The molecule has 3 heteroatoms. The number of halogens is 1. The number of aliphatic hydroxyl groups excluding tert-OH is 1. The number of nitrogens with one attached hydrogen (secondary N) is 1. The van der Waals surface area contributed by atoms with Crippen LogP contribution < -0.4 is 5.32 Å². The average molecular weight is 273 g/mol. The predicted octanol–water partition coefficient (Wildman–Crippen LogP) is 3.84. The second-order valence-corrected chi connectivity index (χ2v) is 5.04. The van der Waals surface area contributed by atoms with Crippen LogP contribution in [0.5, 0.6) is 0 Å². The minimum absolute atomic E-state index is 0.0521. The molecule has 0 fully saturated rings. The fraction of sp³-hybridized carbons (Fsp3) is 0.294. The first kappa shape index (κ1) is 14.5. The van der Waals surface area contributed by atoms with Gasteiger partial charge in [0.15, 0.2) is 0 Å². The van der Waals surface area contributed by atoms with Crippen LogP contribution in [0.25, 0.3) is 0 Å². The molecule has 0 spiro atoms. The highest BCUT2D eigenvalue weighted by atomic mass is 19.1. The fourth-order valence-electron chi connectivity index (χ4n) is 2.35. The van der Waals surface area contributed by atoms with E-state index in [0.29, 0.717) is 6.42 Å². The van der Waals surface area contributed by atoms with Crippen LogP contribution in [0.15, 0.2) is 48.5 Å². The largest absolute Gasteiger partial charge is 0.394 e. The zero-order valence-corrected chi connectivity index (χ0v) is 11.9. The Bertz CT molecular complexity index is 561. The molecular weight excluding hydrogens is 253 g/mol. The number of rotatable bonds is 5. The summed E-state index contributed by atoms with van der Waals surface area (Å²) in [5.41, 5.74) is 2.38. The van der Waals surface area contributed by atoms with Gasteiger partial charge in [-0.25, -0.2) is 4.39 Å². The number of aryl methyl sites for hydroxylation is 1. The summed E-state index contributed by atoms with van der Waals surface area (Å²) < 4.78 is 13.1. The van der Waals surface area contributed by atoms with Gasteiger partial charge in [0.2, 0.25) is 0 Å². The smallest absolute Gasteiger partial charge is 0.123 e. The lowest BCUT2D eigenvalue weighted by Gasteiger charge is -2.34. The van der Waals surface area contributed by atoms with Crippen LogP contribution in [-0.4, -0.2) is 11.7 Å². The lowest BCUT2D eigenvalue weighted by Crippen LogP contribution is -2.38. The van der Waals surface area contributed by atoms with E-state index in [-0.39, 0.29) is 12.4 Å². The van der Waals surface area contributed by atoms with Crippen molar-refractivity contribution in [2.75, 3.05) is 11.9 Å². The van der Waals surface area contributed by atoms with Crippen molar-refractivity contribution in [1.29, 1.82) is 0 Å². The predicted molar refractivity (Wildman–Crippen MR) is 80.3 cm³/mol. The summed E-state index contributed by atoms with van der Waals surface area (Å²) in [6.45, 7) is 3.97. The van der Waals surface area contributed by atoms with Crippen LogP contribution in [-0.2, 0) is 5.54 Å². The van der Waals surface area contributed by atoms with Crippen LogP contribution >= 0.6 is 0 Å². The normalized spacial score (nSPS) is 13.8. The minimum atomic E-state index is -0.597. The van der Waals surface area contributed by atoms with Gasteiger partial charge in [-0.1, -0.05) is 37.3 Å². The van der Waals surface area contributed by atoms with Gasteiger partial charge >= 0.3 is 0 Å². The summed E-state index contributed by atoms with van der Waals surface area (Å²) in [5, 5.41) is 13.3. The standard InChI is InChI=1S/C17H20FNO/c1-3-17(12-20,14-8-10-15(18)11-9-14)19-16-7-5-4-6-13(16)2/h4-11,19-20H,3,12H2,1-2H3. The van der Waals surface area contributed by atoms with Gasteiger partial charge in [0.25, 0.3) is 0 Å². The monoisotopic (exact) mass is 273 g/mol. The maximum Gasteiger partial charge on any atom is 0.123 e. The van der Waals surface area contributed by atoms with E-state index in [4.69, 9.17) is 0 Å². The molecule has 0 aliphatic heterocycles. The zero-order valence-electron chi connectivity index (χ0n) is 11.9. The molecule has 0 aliphatic rings. The zero-order chi connectivity index (χ0) is 14.6. The first-order valence-electron chi connectivity index (χ1n) is 6.82. The van der Waals surface area contributed by atoms with Crippen LogP contribution in [0.3, 0.4) is 0 Å². The summed E-state index contributed by atoms with van der Waals surface area (Å²) >= 11 is 0. The van der Waals surface area contributed by atoms with Crippen LogP contribution in [0.1, 0.15) is 24.5 Å². The Morgan fingerprint density at radius 3 is 2.30 bits per heavy atom. The molecule has 1 unspecified atom stereocenters. The van der Waals surface area contributed by atoms with Crippen molar-refractivity contribution in [3.63, 3.8) is 0 Å². The third kappa shape index (κ3) is 2.83. The first-order valence-corrected chi connectivity index (χ1v) is 6.82. The molecule has 2 rings (SSSR count). The van der Waals surface area contributed by atoms with Gasteiger partial charge in [0.05, 0.1) is 12.1 Å². The molecular formula is C17H20FNO. The van der Waals surface area contributed by atoms with Gasteiger partial charge < -0.3 is 10.4 Å². The fourth-order valence-corrected chi connectivity index (χ4v) is 2.35. The van der Waals surface area contributed by atoms with Crippen molar-refractivity contribution in [1.82, 2.24) is 0 Å². The molecule has 0 radical (unpaired) electrons. The number of aliphatic hydroxyl groups is 1. The van der Waals surface area contributed by atoms with Gasteiger partial charge in [0, 0.05) is 5.69 Å². The Labute approximate surface area is 119 Å². The summed E-state index contributed by atoms with van der Waals surface area (Å²) in [6, 6.07) is 14.2. The van der Waals surface area contributed by atoms with Crippen molar-refractivity contribution in [2.45, 2.75) is 25.8 Å². The van der Waals surface area contributed by atoms with Crippen molar-refractivity contribution < 1.29 is 9.50 Å². The van der Waals surface area contributed by atoms with E-state index < -0.39 is 5.54 Å². The topological polar surface area (TPSA) is 32.3 Å². The summed E-state index contributed by atoms with van der Waals surface area (Å²) in [4.78, 5) is 0. The van der Waals surface area contributed by atoms with E-state index in [0.717, 1.165) is 16.8 Å². The third-order valence-electron chi connectivity index (χ3n) is 3.79. The Kier molecular flexibility index (Phi) is 4.40. The summed E-state index contributed by atoms with van der Waals surface area (Å²) in [5.74, 6) is -0.271. The van der Waals surface area contributed by atoms with Gasteiger partial charge in [0.1, 0.15) is 5.82 Å². The molecule has 0 aliphatic carbocycles. The maximum atomic E-state index is 13.1. The highest BCUT2D eigenvalue weighted by molar-refractivity contribution is 5.53. The molecule has 2 N–H and O–H groups in total. The Morgan fingerprint density at radius 2 is 1.75 bits per heavy atom. The molecule has 0 heterocycles. The second-order valence-electron chi connectivity index (χ2n) is 5.04. The van der Waals surface area contributed by atoms with E-state index in [9.17, 15) is 9.50 Å². The van der Waals surface area contributed by atoms with Gasteiger partial charge in [-0.15, -0.1) is 0 Å². The average Bonchev–Trinajstić information content (AvgIpc) is 2.48. The molecule has 20 heavy (non-hydrogen) atoms. The molecule has 1 atom stereocenters. The highest BCUT2D eigenvalue weighted by Crippen LogP contribution is 2.30. The van der Waals surface area contributed by atoms with Crippen molar-refractivity contribution in [3.05, 3.63) is 65.5 Å². The summed E-state index contributed by atoms with van der Waals surface area (Å²) in [6.07, 6.45) is 0.698. The second kappa shape index (κ2) is 6.06. The number of hydrogen-bond donors (Lipinski definition) is 2. The van der Waals surface area contributed by atoms with Crippen molar-refractivity contribution >= 4 is 5.69 Å². The third-order valence-corrected chi connectivity index (χ3v) is 3.79. The Balaban J connectivity index is 2.39. The van der Waals surface area contributed by atoms with E-state index in [2.05, 4.69) is 5.32 Å². The van der Waals surface area contributed by atoms with E-state index in [1.807, 2.05) is 38.1 Å². The van der Waals surface area contributed by atoms with Gasteiger partial charge in [-0.3, -0.25) is 0 Å². The minimum Gasteiger partial charge on any atom is -0.394 e. The molecule has 106 valence electrons. The number of hydrogen-bond acceptors (Lipinski definition) is 2. The molecule has 0 bridgehead atoms. The van der Waals surface area contributed by atoms with Gasteiger partial charge in [-0.2, -0.15) is 0 Å². The van der Waals surface area contributed by atoms with Crippen LogP contribution in [0.4, 0.5) is 10.1 Å². The lowest BCUT2D eigenvalue weighted by atomic mass is 9.87. The van der Waals surface area contributed by atoms with E-state index >= 15 is 0 Å². The quantitative estimate of drug-likeness (QED) is 0.867. The van der Waals surface area contributed by atoms with Crippen LogP contribution in [0.2, 0.25) is 0 Å².